The summed E-state index contributed by atoms with van der Waals surface area (Å²) in [6.45, 7) is 0.704. The van der Waals surface area contributed by atoms with Gasteiger partial charge in [0.2, 0.25) is 0 Å². The van der Waals surface area contributed by atoms with Gasteiger partial charge in [0.05, 0.1) is 23.1 Å². The van der Waals surface area contributed by atoms with Crippen molar-refractivity contribution in [3.8, 4) is 0 Å². The minimum absolute atomic E-state index is 0.0149. The van der Waals surface area contributed by atoms with Crippen molar-refractivity contribution >= 4 is 11.4 Å². The molecule has 4 unspecified atom stereocenters. The third kappa shape index (κ3) is 2.23. The lowest BCUT2D eigenvalue weighted by Crippen LogP contribution is -2.69. The number of hydrogen-bond acceptors (Lipinski definition) is 5. The van der Waals surface area contributed by atoms with Gasteiger partial charge < -0.3 is 15.8 Å². The molecule has 0 bridgehead atoms. The molecule has 7 heteroatoms. The van der Waals surface area contributed by atoms with E-state index in [9.17, 15) is 14.5 Å². The predicted octanol–water partition coefficient (Wildman–Crippen LogP) is 1.65. The summed E-state index contributed by atoms with van der Waals surface area (Å²) >= 11 is 0. The molecule has 0 aromatic heterocycles. The van der Waals surface area contributed by atoms with Gasteiger partial charge >= 0.3 is 0 Å². The summed E-state index contributed by atoms with van der Waals surface area (Å²) in [5.41, 5.74) is 6.18. The summed E-state index contributed by atoms with van der Waals surface area (Å²) in [6.07, 6.45) is 2.06. The van der Waals surface area contributed by atoms with Crippen LogP contribution in [0, 0.1) is 21.8 Å². The van der Waals surface area contributed by atoms with Gasteiger partial charge in [0.25, 0.3) is 5.69 Å². The molecule has 3 N–H and O–H groups in total. The zero-order valence-corrected chi connectivity index (χ0v) is 10.8. The van der Waals surface area contributed by atoms with Crippen LogP contribution in [0.5, 0.6) is 0 Å². The smallest absolute Gasteiger partial charge is 0.274 e. The first kappa shape index (κ1) is 13.3. The third-order valence-electron chi connectivity index (χ3n) is 4.10. The molecule has 2 fully saturated rings. The number of hydrogen-bond donors (Lipinski definition) is 2. The minimum Gasteiger partial charge on any atom is -0.378 e. The summed E-state index contributed by atoms with van der Waals surface area (Å²) in [5.74, 6) is -0.319. The molecule has 20 heavy (non-hydrogen) atoms. The molecular formula is C13H16FN3O3. The number of nitro benzene ring substituents is 1. The highest BCUT2D eigenvalue weighted by Crippen LogP contribution is 2.38. The quantitative estimate of drug-likeness (QED) is 0.649. The predicted molar refractivity (Wildman–Crippen MR) is 70.9 cm³/mol. The molecule has 3 rings (SSSR count). The Kier molecular flexibility index (Phi) is 3.31. The van der Waals surface area contributed by atoms with Gasteiger partial charge in [0, 0.05) is 30.3 Å². The molecule has 0 spiro atoms. The van der Waals surface area contributed by atoms with Crippen LogP contribution >= 0.6 is 0 Å². The first-order valence-electron chi connectivity index (χ1n) is 6.65. The molecule has 1 saturated carbocycles. The molecule has 1 aliphatic carbocycles. The fourth-order valence-corrected chi connectivity index (χ4v) is 3.08. The zero-order valence-electron chi connectivity index (χ0n) is 10.8. The molecule has 6 nitrogen and oxygen atoms in total. The summed E-state index contributed by atoms with van der Waals surface area (Å²) in [7, 11) is 0. The van der Waals surface area contributed by atoms with E-state index in [0.717, 1.165) is 18.9 Å². The number of benzene rings is 1. The molecule has 4 atom stereocenters. The van der Waals surface area contributed by atoms with Gasteiger partial charge in [0.15, 0.2) is 0 Å². The van der Waals surface area contributed by atoms with Gasteiger partial charge in [-0.2, -0.15) is 0 Å². The number of nitro groups is 1. The second kappa shape index (κ2) is 4.99. The highest BCUT2D eigenvalue weighted by atomic mass is 19.1. The number of rotatable bonds is 3. The average Bonchev–Trinajstić information content (AvgIpc) is 2.43. The Morgan fingerprint density at radius 3 is 3.00 bits per heavy atom. The Bertz CT molecular complexity index is 540. The Hall–Kier alpha value is -1.73. The molecular weight excluding hydrogens is 265 g/mol. The molecule has 1 aromatic carbocycles. The van der Waals surface area contributed by atoms with Crippen molar-refractivity contribution in [2.75, 3.05) is 11.9 Å². The highest BCUT2D eigenvalue weighted by molar-refractivity contribution is 5.53. The van der Waals surface area contributed by atoms with Crippen LogP contribution in [-0.2, 0) is 4.74 Å². The number of halogens is 1. The summed E-state index contributed by atoms with van der Waals surface area (Å²) in [4.78, 5) is 10.1. The summed E-state index contributed by atoms with van der Waals surface area (Å²) < 4.78 is 19.1. The maximum atomic E-state index is 13.4. The van der Waals surface area contributed by atoms with E-state index in [1.165, 1.54) is 12.1 Å². The van der Waals surface area contributed by atoms with Crippen LogP contribution in [0.15, 0.2) is 18.2 Å². The van der Waals surface area contributed by atoms with Crippen molar-refractivity contribution < 1.29 is 14.1 Å². The Morgan fingerprint density at radius 2 is 2.25 bits per heavy atom. The third-order valence-corrected chi connectivity index (χ3v) is 4.10. The Balaban J connectivity index is 1.76. The van der Waals surface area contributed by atoms with Gasteiger partial charge in [-0.3, -0.25) is 10.1 Å². The van der Waals surface area contributed by atoms with Crippen molar-refractivity contribution in [3.05, 3.63) is 34.1 Å². The van der Waals surface area contributed by atoms with Gasteiger partial charge in [-0.25, -0.2) is 4.39 Å². The van der Waals surface area contributed by atoms with Gasteiger partial charge in [-0.05, 0) is 18.9 Å². The molecule has 2 aliphatic rings. The lowest BCUT2D eigenvalue weighted by Gasteiger charge is -2.52. The zero-order chi connectivity index (χ0) is 14.3. The standard InChI is InChI=1S/C13H16FN3O3/c14-7-4-8(6-9(5-7)17(18)19)16-12-11(15)10-2-1-3-20-13(10)12/h4-6,10-13,16H,1-3,15H2. The van der Waals surface area contributed by atoms with E-state index in [1.54, 1.807) is 0 Å². The molecule has 108 valence electrons. The number of ether oxygens (including phenoxy) is 1. The number of nitrogens with one attached hydrogen (secondary N) is 1. The van der Waals surface area contributed by atoms with Crippen molar-refractivity contribution in [2.45, 2.75) is 31.0 Å². The van der Waals surface area contributed by atoms with E-state index < -0.39 is 10.7 Å². The van der Waals surface area contributed by atoms with Crippen LogP contribution < -0.4 is 11.1 Å². The normalized spacial score (nSPS) is 32.1. The van der Waals surface area contributed by atoms with Crippen LogP contribution in [0.1, 0.15) is 12.8 Å². The number of fused-ring (bicyclic) bond motifs is 1. The maximum absolute atomic E-state index is 13.4. The molecule has 1 aromatic rings. The fourth-order valence-electron chi connectivity index (χ4n) is 3.08. The van der Waals surface area contributed by atoms with Crippen molar-refractivity contribution in [1.82, 2.24) is 0 Å². The van der Waals surface area contributed by atoms with Crippen LogP contribution in [0.2, 0.25) is 0 Å². The van der Waals surface area contributed by atoms with E-state index in [0.29, 0.717) is 18.2 Å². The number of nitrogens with two attached hydrogens (primary N) is 1. The van der Waals surface area contributed by atoms with E-state index in [2.05, 4.69) is 5.32 Å². The average molecular weight is 281 g/mol. The maximum Gasteiger partial charge on any atom is 0.274 e. The Morgan fingerprint density at radius 1 is 1.45 bits per heavy atom. The van der Waals surface area contributed by atoms with Gasteiger partial charge in [-0.15, -0.1) is 0 Å². The van der Waals surface area contributed by atoms with E-state index in [-0.39, 0.29) is 23.9 Å². The first-order chi connectivity index (χ1) is 9.56. The van der Waals surface area contributed by atoms with Crippen LogP contribution in [0.3, 0.4) is 0 Å². The number of nitrogens with zero attached hydrogens (tertiary/aromatic N) is 1. The van der Waals surface area contributed by atoms with E-state index in [1.807, 2.05) is 0 Å². The first-order valence-corrected chi connectivity index (χ1v) is 6.65. The monoisotopic (exact) mass is 281 g/mol. The number of anilines is 1. The molecule has 0 amide bonds. The number of non-ortho nitro benzene ring substituents is 1. The lowest BCUT2D eigenvalue weighted by atomic mass is 9.68. The van der Waals surface area contributed by atoms with Crippen LogP contribution in [0.4, 0.5) is 15.8 Å². The minimum atomic E-state index is -0.643. The van der Waals surface area contributed by atoms with Crippen LogP contribution in [-0.4, -0.2) is 29.7 Å². The molecule has 1 aliphatic heterocycles. The van der Waals surface area contributed by atoms with E-state index >= 15 is 0 Å². The van der Waals surface area contributed by atoms with Gasteiger partial charge in [-0.1, -0.05) is 0 Å². The molecule has 1 heterocycles. The summed E-state index contributed by atoms with van der Waals surface area (Å²) in [5, 5.41) is 13.8. The van der Waals surface area contributed by atoms with Crippen molar-refractivity contribution in [2.24, 2.45) is 11.7 Å². The van der Waals surface area contributed by atoms with Crippen molar-refractivity contribution in [3.63, 3.8) is 0 Å². The Labute approximate surface area is 115 Å². The van der Waals surface area contributed by atoms with Crippen LogP contribution in [0.25, 0.3) is 0 Å². The lowest BCUT2D eigenvalue weighted by molar-refractivity contribution is -0.385. The van der Waals surface area contributed by atoms with Crippen molar-refractivity contribution in [1.29, 1.82) is 0 Å². The largest absolute Gasteiger partial charge is 0.378 e. The second-order valence-electron chi connectivity index (χ2n) is 5.34. The topological polar surface area (TPSA) is 90.4 Å². The van der Waals surface area contributed by atoms with E-state index in [4.69, 9.17) is 10.5 Å². The highest BCUT2D eigenvalue weighted by Gasteiger charge is 2.50. The fraction of sp³-hybridized carbons (Fsp3) is 0.538. The molecule has 0 radical (unpaired) electrons. The summed E-state index contributed by atoms with van der Waals surface area (Å²) in [6, 6.07) is 3.25. The molecule has 1 saturated heterocycles. The SMILES string of the molecule is NC1C2CCCOC2C1Nc1cc(F)cc([N+](=O)[O-])c1. The second-order valence-corrected chi connectivity index (χ2v) is 5.34. The van der Waals surface area contributed by atoms with Gasteiger partial charge in [0.1, 0.15) is 5.82 Å².